The van der Waals surface area contributed by atoms with Crippen molar-refractivity contribution in [3.63, 3.8) is 0 Å². The third kappa shape index (κ3) is 5.89. The molecule has 3 heterocycles. The van der Waals surface area contributed by atoms with Gasteiger partial charge in [0.2, 0.25) is 5.89 Å². The molecule has 2 N–H and O–H groups in total. The number of thiophene rings is 1. The van der Waals surface area contributed by atoms with Crippen LogP contribution in [0.25, 0.3) is 10.8 Å². The molecule has 0 radical (unpaired) electrons. The lowest BCUT2D eigenvalue weighted by molar-refractivity contribution is 0.574. The number of rotatable bonds is 6. The van der Waals surface area contributed by atoms with Crippen LogP contribution in [0, 0.1) is 0 Å². The summed E-state index contributed by atoms with van der Waals surface area (Å²) in [6.07, 6.45) is 4.26. The van der Waals surface area contributed by atoms with E-state index in [1.54, 1.807) is 17.6 Å². The summed E-state index contributed by atoms with van der Waals surface area (Å²) >= 11 is 3.67. The number of guanidine groups is 1. The number of hydrogen-bond acceptors (Lipinski definition) is 5. The quantitative estimate of drug-likeness (QED) is 0.357. The molecule has 138 valence electrons. The number of halogens is 1. The summed E-state index contributed by atoms with van der Waals surface area (Å²) in [6.45, 7) is 6.69. The van der Waals surface area contributed by atoms with Crippen LogP contribution in [0.5, 0.6) is 0 Å². The van der Waals surface area contributed by atoms with Crippen LogP contribution in [0.15, 0.2) is 33.2 Å². The molecule has 1 aliphatic heterocycles. The lowest BCUT2D eigenvalue weighted by atomic mass is 10.1. The smallest absolute Gasteiger partial charge is 0.236 e. The van der Waals surface area contributed by atoms with E-state index in [1.165, 1.54) is 18.6 Å². The normalized spacial score (nSPS) is 20.3. The molecule has 25 heavy (non-hydrogen) atoms. The first-order valence-corrected chi connectivity index (χ1v) is 10.2. The Morgan fingerprint density at radius 1 is 1.44 bits per heavy atom. The van der Waals surface area contributed by atoms with Crippen molar-refractivity contribution in [1.82, 2.24) is 15.6 Å². The topological polar surface area (TPSA) is 62.5 Å². The van der Waals surface area contributed by atoms with Gasteiger partial charge in [-0.15, -0.1) is 35.3 Å². The molecule has 0 saturated carbocycles. The van der Waals surface area contributed by atoms with E-state index in [2.05, 4.69) is 34.5 Å². The zero-order valence-electron chi connectivity index (χ0n) is 14.6. The van der Waals surface area contributed by atoms with E-state index in [4.69, 9.17) is 4.42 Å². The summed E-state index contributed by atoms with van der Waals surface area (Å²) in [4.78, 5) is 10.2. The van der Waals surface area contributed by atoms with Gasteiger partial charge in [-0.25, -0.2) is 9.98 Å². The maximum atomic E-state index is 5.54. The number of aromatic nitrogens is 1. The van der Waals surface area contributed by atoms with Crippen molar-refractivity contribution in [2.45, 2.75) is 38.0 Å². The molecule has 1 saturated heterocycles. The molecule has 0 bridgehead atoms. The zero-order chi connectivity index (χ0) is 16.8. The SMILES string of the molecule is CCNC(=NCc1coc(-c2cccs2)n1)NCC1(C)CCCS1.I. The fourth-order valence-electron chi connectivity index (χ4n) is 2.64. The molecule has 0 aliphatic carbocycles. The third-order valence-electron chi connectivity index (χ3n) is 3.96. The minimum atomic E-state index is 0. The highest BCUT2D eigenvalue weighted by Crippen LogP contribution is 2.36. The zero-order valence-corrected chi connectivity index (χ0v) is 18.5. The molecule has 8 heteroatoms. The van der Waals surface area contributed by atoms with Crippen LogP contribution in [-0.2, 0) is 6.54 Å². The summed E-state index contributed by atoms with van der Waals surface area (Å²) in [7, 11) is 0. The summed E-state index contributed by atoms with van der Waals surface area (Å²) in [5, 5.41) is 8.79. The van der Waals surface area contributed by atoms with Crippen LogP contribution < -0.4 is 10.6 Å². The Morgan fingerprint density at radius 2 is 2.32 bits per heavy atom. The number of thioether (sulfide) groups is 1. The van der Waals surface area contributed by atoms with Gasteiger partial charge in [-0.3, -0.25) is 0 Å². The molecule has 3 rings (SSSR count). The number of aliphatic imine (C=N–C) groups is 1. The maximum Gasteiger partial charge on any atom is 0.236 e. The maximum absolute atomic E-state index is 5.54. The molecule has 2 aromatic rings. The Morgan fingerprint density at radius 3 is 3.00 bits per heavy atom. The predicted octanol–water partition coefficient (Wildman–Crippen LogP) is 4.36. The van der Waals surface area contributed by atoms with Crippen LogP contribution in [-0.4, -0.2) is 34.5 Å². The van der Waals surface area contributed by atoms with Crippen molar-refractivity contribution in [1.29, 1.82) is 0 Å². The predicted molar refractivity (Wildman–Crippen MR) is 118 cm³/mol. The molecule has 1 atom stereocenters. The van der Waals surface area contributed by atoms with Gasteiger partial charge >= 0.3 is 0 Å². The second-order valence-corrected chi connectivity index (χ2v) is 8.70. The summed E-state index contributed by atoms with van der Waals surface area (Å²) < 4.78 is 5.86. The summed E-state index contributed by atoms with van der Waals surface area (Å²) in [6, 6.07) is 4.01. The molecule has 2 aromatic heterocycles. The Balaban J connectivity index is 0.00000225. The summed E-state index contributed by atoms with van der Waals surface area (Å²) in [5.41, 5.74) is 0.844. The molecule has 1 aliphatic rings. The molecular weight excluding hydrogens is 467 g/mol. The van der Waals surface area contributed by atoms with E-state index < -0.39 is 0 Å². The van der Waals surface area contributed by atoms with Crippen LogP contribution >= 0.6 is 47.1 Å². The van der Waals surface area contributed by atoms with Gasteiger partial charge in [0.15, 0.2) is 5.96 Å². The van der Waals surface area contributed by atoms with E-state index in [0.717, 1.165) is 29.6 Å². The van der Waals surface area contributed by atoms with Gasteiger partial charge in [0.1, 0.15) is 12.0 Å². The van der Waals surface area contributed by atoms with Gasteiger partial charge in [-0.2, -0.15) is 11.8 Å². The highest BCUT2D eigenvalue weighted by atomic mass is 127. The average molecular weight is 492 g/mol. The summed E-state index contributed by atoms with van der Waals surface area (Å²) in [5.74, 6) is 2.77. The van der Waals surface area contributed by atoms with E-state index in [1.807, 2.05) is 29.3 Å². The van der Waals surface area contributed by atoms with Crippen LogP contribution in [0.1, 0.15) is 32.4 Å². The van der Waals surface area contributed by atoms with Gasteiger partial charge in [-0.05, 0) is 43.9 Å². The number of nitrogens with one attached hydrogen (secondary N) is 2. The third-order valence-corrected chi connectivity index (χ3v) is 6.35. The van der Waals surface area contributed by atoms with Crippen molar-refractivity contribution in [2.24, 2.45) is 4.99 Å². The average Bonchev–Trinajstić information content (AvgIpc) is 3.31. The number of hydrogen-bond donors (Lipinski definition) is 2. The first-order chi connectivity index (χ1) is 11.7. The van der Waals surface area contributed by atoms with Crippen molar-refractivity contribution in [3.05, 3.63) is 29.5 Å². The monoisotopic (exact) mass is 492 g/mol. The van der Waals surface area contributed by atoms with Crippen molar-refractivity contribution < 1.29 is 4.42 Å². The van der Waals surface area contributed by atoms with Gasteiger partial charge in [-0.1, -0.05) is 6.07 Å². The molecule has 0 amide bonds. The lowest BCUT2D eigenvalue weighted by Crippen LogP contribution is -2.43. The Bertz CT molecular complexity index is 666. The first-order valence-electron chi connectivity index (χ1n) is 8.33. The first kappa shape index (κ1) is 20.6. The van der Waals surface area contributed by atoms with Gasteiger partial charge in [0, 0.05) is 17.8 Å². The molecule has 1 unspecified atom stereocenters. The fraction of sp³-hybridized carbons (Fsp3) is 0.529. The molecular formula is C17H25IN4OS2. The van der Waals surface area contributed by atoms with Crippen molar-refractivity contribution in [3.8, 4) is 10.8 Å². The van der Waals surface area contributed by atoms with Gasteiger partial charge in [0.25, 0.3) is 0 Å². The highest BCUT2D eigenvalue weighted by Gasteiger charge is 2.29. The van der Waals surface area contributed by atoms with E-state index >= 15 is 0 Å². The number of nitrogens with zero attached hydrogens (tertiary/aromatic N) is 2. The molecule has 0 aromatic carbocycles. The van der Waals surface area contributed by atoms with Crippen LogP contribution in [0.3, 0.4) is 0 Å². The van der Waals surface area contributed by atoms with E-state index in [0.29, 0.717) is 17.2 Å². The Labute approximate surface area is 174 Å². The second-order valence-electron chi connectivity index (χ2n) is 6.07. The minimum Gasteiger partial charge on any atom is -0.443 e. The molecule has 5 nitrogen and oxygen atoms in total. The van der Waals surface area contributed by atoms with Crippen molar-refractivity contribution >= 4 is 53.0 Å². The number of oxazole rings is 1. The molecule has 1 fully saturated rings. The Kier molecular flexibility index (Phi) is 8.08. The van der Waals surface area contributed by atoms with Gasteiger partial charge in [0.05, 0.1) is 11.4 Å². The highest BCUT2D eigenvalue weighted by molar-refractivity contribution is 14.0. The van der Waals surface area contributed by atoms with Crippen LogP contribution in [0.2, 0.25) is 0 Å². The Hall–Kier alpha value is -0.740. The standard InChI is InChI=1S/C17H24N4OS2.HI/c1-3-18-16(20-12-17(2)7-5-9-24-17)19-10-13-11-22-15(21-13)14-6-4-8-23-14;/h4,6,8,11H,3,5,7,9-10,12H2,1-2H3,(H2,18,19,20);1H. The molecule has 0 spiro atoms. The lowest BCUT2D eigenvalue weighted by Gasteiger charge is -2.24. The van der Waals surface area contributed by atoms with Crippen LogP contribution in [0.4, 0.5) is 0 Å². The van der Waals surface area contributed by atoms with Crippen molar-refractivity contribution in [2.75, 3.05) is 18.8 Å². The minimum absolute atomic E-state index is 0. The van der Waals surface area contributed by atoms with E-state index in [-0.39, 0.29) is 24.0 Å². The second kappa shape index (κ2) is 9.82. The van der Waals surface area contributed by atoms with E-state index in [9.17, 15) is 0 Å². The van der Waals surface area contributed by atoms with Gasteiger partial charge < -0.3 is 15.1 Å². The largest absolute Gasteiger partial charge is 0.443 e. The fourth-order valence-corrected chi connectivity index (χ4v) is 4.54.